The van der Waals surface area contributed by atoms with Gasteiger partial charge in [0.1, 0.15) is 0 Å². The maximum atomic E-state index is 13.0. The molecule has 0 spiro atoms. The van der Waals surface area contributed by atoms with Crippen molar-refractivity contribution in [1.29, 1.82) is 0 Å². The molecule has 0 aliphatic carbocycles. The predicted octanol–water partition coefficient (Wildman–Crippen LogP) is 4.10. The average molecular weight is 354 g/mol. The lowest BCUT2D eigenvalue weighted by Crippen LogP contribution is -2.50. The number of hydrogen-bond acceptors (Lipinski definition) is 3. The van der Waals surface area contributed by atoms with Gasteiger partial charge in [0, 0.05) is 12.2 Å². The Hall–Kier alpha value is -2.69. The molecule has 0 saturated carbocycles. The largest absolute Gasteiger partial charge is 0.493 e. The number of nitrogens with zero attached hydrogens (tertiary/aromatic N) is 1. The number of fused-ring (bicyclic) bond motifs is 1. The summed E-state index contributed by atoms with van der Waals surface area (Å²) in [6.07, 6.45) is 1.99. The second-order valence-electron chi connectivity index (χ2n) is 7.01. The summed E-state index contributed by atoms with van der Waals surface area (Å²) < 4.78 is 10.7. The smallest absolute Gasteiger partial charge is 0.322 e. The Morgan fingerprint density at radius 2 is 1.81 bits per heavy atom. The van der Waals surface area contributed by atoms with Crippen molar-refractivity contribution in [3.63, 3.8) is 0 Å². The molecule has 138 valence electrons. The minimum absolute atomic E-state index is 0.0862. The fourth-order valence-electron chi connectivity index (χ4n) is 3.38. The van der Waals surface area contributed by atoms with E-state index in [4.69, 9.17) is 9.47 Å². The summed E-state index contributed by atoms with van der Waals surface area (Å²) in [6.45, 7) is 4.70. The zero-order chi connectivity index (χ0) is 18.7. The van der Waals surface area contributed by atoms with Gasteiger partial charge in [-0.2, -0.15) is 0 Å². The summed E-state index contributed by atoms with van der Waals surface area (Å²) in [5.74, 6) is 1.32. The molecule has 0 aromatic heterocycles. The van der Waals surface area contributed by atoms with Gasteiger partial charge in [-0.15, -0.1) is 0 Å². The number of methoxy groups -OCH3 is 2. The third kappa shape index (κ3) is 3.47. The first-order chi connectivity index (χ1) is 12.5. The van der Waals surface area contributed by atoms with Crippen LogP contribution < -0.4 is 19.7 Å². The summed E-state index contributed by atoms with van der Waals surface area (Å²) in [4.78, 5) is 14.8. The van der Waals surface area contributed by atoms with E-state index in [9.17, 15) is 4.79 Å². The van der Waals surface area contributed by atoms with Crippen molar-refractivity contribution in [2.45, 2.75) is 32.2 Å². The molecule has 2 aromatic rings. The lowest BCUT2D eigenvalue weighted by atomic mass is 9.94. The topological polar surface area (TPSA) is 50.8 Å². The number of para-hydroxylation sites is 1. The summed E-state index contributed by atoms with van der Waals surface area (Å²) in [7, 11) is 3.22. The van der Waals surface area contributed by atoms with Crippen LogP contribution in [0.3, 0.4) is 0 Å². The van der Waals surface area contributed by atoms with Crippen LogP contribution >= 0.6 is 0 Å². The van der Waals surface area contributed by atoms with Gasteiger partial charge in [0.2, 0.25) is 0 Å². The SMILES string of the molecule is COc1ccc(C(C)(C)NC(=O)N2CCCc3ccccc32)cc1OC. The monoisotopic (exact) mass is 354 g/mol. The number of carbonyl (C=O) groups excluding carboxylic acids is 1. The van der Waals surface area contributed by atoms with Gasteiger partial charge < -0.3 is 14.8 Å². The van der Waals surface area contributed by atoms with E-state index in [0.29, 0.717) is 11.5 Å². The van der Waals surface area contributed by atoms with E-state index in [-0.39, 0.29) is 6.03 Å². The number of benzene rings is 2. The maximum Gasteiger partial charge on any atom is 0.322 e. The number of amides is 2. The molecule has 2 aromatic carbocycles. The van der Waals surface area contributed by atoms with Crippen molar-refractivity contribution in [2.75, 3.05) is 25.7 Å². The molecule has 0 radical (unpaired) electrons. The molecule has 2 amide bonds. The predicted molar refractivity (Wildman–Crippen MR) is 103 cm³/mol. The molecular formula is C21H26N2O3. The highest BCUT2D eigenvalue weighted by molar-refractivity contribution is 5.93. The van der Waals surface area contributed by atoms with E-state index in [1.54, 1.807) is 14.2 Å². The molecule has 26 heavy (non-hydrogen) atoms. The number of nitrogens with one attached hydrogen (secondary N) is 1. The fourth-order valence-corrected chi connectivity index (χ4v) is 3.38. The molecule has 1 heterocycles. The molecule has 3 rings (SSSR count). The molecule has 5 heteroatoms. The lowest BCUT2D eigenvalue weighted by molar-refractivity contribution is 0.235. The highest BCUT2D eigenvalue weighted by Gasteiger charge is 2.29. The number of hydrogen-bond donors (Lipinski definition) is 1. The molecule has 1 aliphatic heterocycles. The van der Waals surface area contributed by atoms with E-state index in [2.05, 4.69) is 11.4 Å². The average Bonchev–Trinajstić information content (AvgIpc) is 2.66. The first kappa shape index (κ1) is 18.1. The molecule has 0 fully saturated rings. The number of ether oxygens (including phenoxy) is 2. The first-order valence-corrected chi connectivity index (χ1v) is 8.86. The zero-order valence-corrected chi connectivity index (χ0v) is 15.8. The van der Waals surface area contributed by atoms with E-state index in [1.807, 2.05) is 55.1 Å². The van der Waals surface area contributed by atoms with Crippen molar-refractivity contribution in [3.8, 4) is 11.5 Å². The van der Waals surface area contributed by atoms with Gasteiger partial charge in [-0.25, -0.2) is 4.79 Å². The van der Waals surface area contributed by atoms with E-state index in [1.165, 1.54) is 5.56 Å². The number of rotatable bonds is 4. The van der Waals surface area contributed by atoms with Crippen LogP contribution in [-0.4, -0.2) is 26.8 Å². The summed E-state index contributed by atoms with van der Waals surface area (Å²) >= 11 is 0. The van der Waals surface area contributed by atoms with Crippen LogP contribution in [0.25, 0.3) is 0 Å². The maximum absolute atomic E-state index is 13.0. The van der Waals surface area contributed by atoms with Gasteiger partial charge in [0.15, 0.2) is 11.5 Å². The highest BCUT2D eigenvalue weighted by Crippen LogP contribution is 2.33. The third-order valence-corrected chi connectivity index (χ3v) is 4.88. The highest BCUT2D eigenvalue weighted by atomic mass is 16.5. The van der Waals surface area contributed by atoms with Crippen LogP contribution in [0.15, 0.2) is 42.5 Å². The number of carbonyl (C=O) groups is 1. The minimum Gasteiger partial charge on any atom is -0.493 e. The number of anilines is 1. The van der Waals surface area contributed by atoms with Gasteiger partial charge in [-0.05, 0) is 56.0 Å². The Bertz CT molecular complexity index is 802. The molecule has 0 atom stereocenters. The van der Waals surface area contributed by atoms with Gasteiger partial charge in [-0.3, -0.25) is 4.90 Å². The van der Waals surface area contributed by atoms with Crippen LogP contribution in [0.2, 0.25) is 0 Å². The number of urea groups is 1. The van der Waals surface area contributed by atoms with Crippen molar-refractivity contribution in [2.24, 2.45) is 0 Å². The Kier molecular flexibility index (Phi) is 5.07. The normalized spacial score (nSPS) is 13.8. The number of aryl methyl sites for hydroxylation is 1. The fraction of sp³-hybridized carbons (Fsp3) is 0.381. The van der Waals surface area contributed by atoms with Crippen LogP contribution in [0, 0.1) is 0 Å². The van der Waals surface area contributed by atoms with E-state index in [0.717, 1.165) is 30.6 Å². The third-order valence-electron chi connectivity index (χ3n) is 4.88. The molecule has 1 N–H and O–H groups in total. The Morgan fingerprint density at radius 1 is 1.08 bits per heavy atom. The van der Waals surface area contributed by atoms with Gasteiger partial charge in [0.05, 0.1) is 19.8 Å². The molecule has 1 aliphatic rings. The summed E-state index contributed by atoms with van der Waals surface area (Å²) in [5, 5.41) is 3.16. The van der Waals surface area contributed by atoms with Crippen molar-refractivity contribution < 1.29 is 14.3 Å². The van der Waals surface area contributed by atoms with Crippen LogP contribution in [-0.2, 0) is 12.0 Å². The Labute approximate surface area is 154 Å². The molecule has 0 unspecified atom stereocenters. The first-order valence-electron chi connectivity index (χ1n) is 8.86. The molecule has 0 saturated heterocycles. The lowest BCUT2D eigenvalue weighted by Gasteiger charge is -2.34. The van der Waals surface area contributed by atoms with Crippen molar-refractivity contribution >= 4 is 11.7 Å². The van der Waals surface area contributed by atoms with Crippen molar-refractivity contribution in [3.05, 3.63) is 53.6 Å². The standard InChI is InChI=1S/C21H26N2O3/c1-21(2,16-11-12-18(25-3)19(14-16)26-4)22-20(24)23-13-7-9-15-8-5-6-10-17(15)23/h5-6,8,10-12,14H,7,9,13H2,1-4H3,(H,22,24). The Morgan fingerprint density at radius 3 is 2.54 bits per heavy atom. The van der Waals surface area contributed by atoms with Gasteiger partial charge >= 0.3 is 6.03 Å². The Balaban J connectivity index is 1.83. The molecular weight excluding hydrogens is 328 g/mol. The van der Waals surface area contributed by atoms with Crippen LogP contribution in [0.4, 0.5) is 10.5 Å². The second kappa shape index (κ2) is 7.28. The second-order valence-corrected chi connectivity index (χ2v) is 7.01. The molecule has 5 nitrogen and oxygen atoms in total. The van der Waals surface area contributed by atoms with Crippen molar-refractivity contribution in [1.82, 2.24) is 5.32 Å². The van der Waals surface area contributed by atoms with Gasteiger partial charge in [0.25, 0.3) is 0 Å². The zero-order valence-electron chi connectivity index (χ0n) is 15.8. The van der Waals surface area contributed by atoms with E-state index < -0.39 is 5.54 Å². The quantitative estimate of drug-likeness (QED) is 0.899. The summed E-state index contributed by atoms with van der Waals surface area (Å²) in [6, 6.07) is 13.7. The van der Waals surface area contributed by atoms with E-state index >= 15 is 0 Å². The van der Waals surface area contributed by atoms with Crippen LogP contribution in [0.1, 0.15) is 31.4 Å². The van der Waals surface area contributed by atoms with Gasteiger partial charge in [-0.1, -0.05) is 24.3 Å². The minimum atomic E-state index is -0.553. The summed E-state index contributed by atoms with van der Waals surface area (Å²) in [5.41, 5.74) is 2.62. The molecule has 0 bridgehead atoms. The van der Waals surface area contributed by atoms with Crippen LogP contribution in [0.5, 0.6) is 11.5 Å².